The molecule has 2 aliphatic rings. The van der Waals surface area contributed by atoms with Crippen molar-refractivity contribution in [2.75, 3.05) is 6.54 Å². The Hall–Kier alpha value is -3.48. The highest BCUT2D eigenvalue weighted by Gasteiger charge is 2.38. The van der Waals surface area contributed by atoms with E-state index in [1.807, 2.05) is 0 Å². The summed E-state index contributed by atoms with van der Waals surface area (Å²) in [4.78, 5) is 55.3. The molecule has 2 aromatic carbocycles. The molecule has 0 aromatic heterocycles. The van der Waals surface area contributed by atoms with Crippen molar-refractivity contribution in [2.24, 2.45) is 0 Å². The Balaban J connectivity index is 1.44. The highest BCUT2D eigenvalue weighted by Crippen LogP contribution is 2.23. The van der Waals surface area contributed by atoms with E-state index in [1.54, 1.807) is 41.3 Å². The van der Waals surface area contributed by atoms with Gasteiger partial charge in [-0.15, -0.1) is 0 Å². The number of likely N-dealkylation sites (tertiary alicyclic amines) is 1. The van der Waals surface area contributed by atoms with Crippen molar-refractivity contribution in [1.29, 1.82) is 0 Å². The van der Waals surface area contributed by atoms with Crippen LogP contribution in [0.4, 0.5) is 0 Å². The van der Waals surface area contributed by atoms with Crippen LogP contribution in [0.2, 0.25) is 0 Å². The van der Waals surface area contributed by atoms with Gasteiger partial charge in [0, 0.05) is 19.5 Å². The van der Waals surface area contributed by atoms with Gasteiger partial charge in [0.05, 0.1) is 16.7 Å². The summed E-state index contributed by atoms with van der Waals surface area (Å²) >= 11 is 0. The summed E-state index contributed by atoms with van der Waals surface area (Å²) < 4.78 is 0. The minimum Gasteiger partial charge on any atom is -0.338 e. The SMILES string of the molecule is O=C(ON1C(=O)c2ccccc2C1=O)c1ccc(CN2CCCC2=O)cc1. The molecule has 4 rings (SSSR count). The van der Waals surface area contributed by atoms with Gasteiger partial charge in [0.2, 0.25) is 5.91 Å². The zero-order valence-electron chi connectivity index (χ0n) is 14.4. The third-order valence-electron chi connectivity index (χ3n) is 4.67. The predicted molar refractivity (Wildman–Crippen MR) is 93.5 cm³/mol. The first kappa shape index (κ1) is 17.0. The molecule has 7 nitrogen and oxygen atoms in total. The number of nitrogens with zero attached hydrogens (tertiary/aromatic N) is 2. The average Bonchev–Trinajstić information content (AvgIpc) is 3.19. The number of carbonyl (C=O) groups excluding carboxylic acids is 4. The van der Waals surface area contributed by atoms with E-state index in [0.29, 0.717) is 18.0 Å². The largest absolute Gasteiger partial charge is 0.363 e. The summed E-state index contributed by atoms with van der Waals surface area (Å²) in [5.41, 5.74) is 1.52. The molecule has 0 spiro atoms. The molecule has 3 amide bonds. The smallest absolute Gasteiger partial charge is 0.338 e. The maximum atomic E-state index is 12.3. The van der Waals surface area contributed by atoms with Gasteiger partial charge in [-0.05, 0) is 36.2 Å². The van der Waals surface area contributed by atoms with Gasteiger partial charge in [-0.3, -0.25) is 14.4 Å². The van der Waals surface area contributed by atoms with Gasteiger partial charge in [-0.2, -0.15) is 0 Å². The standard InChI is InChI=1S/C20H16N2O5/c23-17-6-3-11-21(17)12-13-7-9-14(10-8-13)20(26)27-22-18(24)15-4-1-2-5-16(15)19(22)25/h1-2,4-5,7-10H,3,6,11-12H2. The zero-order valence-corrected chi connectivity index (χ0v) is 14.4. The van der Waals surface area contributed by atoms with E-state index in [2.05, 4.69) is 0 Å². The Labute approximate surface area is 155 Å². The Bertz CT molecular complexity index is 916. The molecule has 0 radical (unpaired) electrons. The third kappa shape index (κ3) is 3.08. The van der Waals surface area contributed by atoms with Gasteiger partial charge < -0.3 is 9.74 Å². The van der Waals surface area contributed by atoms with Crippen LogP contribution in [0.1, 0.15) is 49.5 Å². The molecule has 0 aliphatic carbocycles. The van der Waals surface area contributed by atoms with E-state index in [1.165, 1.54) is 12.1 Å². The number of rotatable bonds is 4. The molecule has 0 saturated carbocycles. The van der Waals surface area contributed by atoms with Crippen LogP contribution in [0.15, 0.2) is 48.5 Å². The fourth-order valence-electron chi connectivity index (χ4n) is 3.22. The first-order valence-corrected chi connectivity index (χ1v) is 8.61. The van der Waals surface area contributed by atoms with Crippen LogP contribution >= 0.6 is 0 Å². The maximum absolute atomic E-state index is 12.3. The van der Waals surface area contributed by atoms with E-state index in [9.17, 15) is 19.2 Å². The minimum absolute atomic E-state index is 0.129. The highest BCUT2D eigenvalue weighted by molar-refractivity contribution is 6.21. The molecule has 2 aliphatic heterocycles. The second kappa shape index (κ2) is 6.68. The number of hydrogen-bond acceptors (Lipinski definition) is 5. The summed E-state index contributed by atoms with van der Waals surface area (Å²) in [7, 11) is 0. The van der Waals surface area contributed by atoms with Crippen LogP contribution < -0.4 is 0 Å². The van der Waals surface area contributed by atoms with Crippen molar-refractivity contribution in [3.63, 3.8) is 0 Å². The average molecular weight is 364 g/mol. The van der Waals surface area contributed by atoms with E-state index < -0.39 is 17.8 Å². The topological polar surface area (TPSA) is 84.0 Å². The summed E-state index contributed by atoms with van der Waals surface area (Å²) in [6.07, 6.45) is 1.44. The lowest BCUT2D eigenvalue weighted by Gasteiger charge is -2.16. The van der Waals surface area contributed by atoms with Crippen molar-refractivity contribution in [2.45, 2.75) is 19.4 Å². The fourth-order valence-corrected chi connectivity index (χ4v) is 3.22. The van der Waals surface area contributed by atoms with Crippen molar-refractivity contribution in [3.8, 4) is 0 Å². The first-order chi connectivity index (χ1) is 13.0. The minimum atomic E-state index is -0.798. The number of carbonyl (C=O) groups is 4. The molecule has 2 heterocycles. The molecule has 2 aromatic rings. The van der Waals surface area contributed by atoms with Gasteiger partial charge in [-0.25, -0.2) is 4.79 Å². The van der Waals surface area contributed by atoms with E-state index >= 15 is 0 Å². The second-order valence-electron chi connectivity index (χ2n) is 6.44. The first-order valence-electron chi connectivity index (χ1n) is 8.61. The van der Waals surface area contributed by atoms with Crippen LogP contribution in [0.25, 0.3) is 0 Å². The van der Waals surface area contributed by atoms with Gasteiger partial charge in [-0.1, -0.05) is 29.3 Å². The predicted octanol–water partition coefficient (Wildman–Crippen LogP) is 2.18. The number of hydroxylamine groups is 2. The molecular formula is C20H16N2O5. The second-order valence-corrected chi connectivity index (χ2v) is 6.44. The van der Waals surface area contributed by atoms with Crippen molar-refractivity contribution in [3.05, 3.63) is 70.8 Å². The lowest BCUT2D eigenvalue weighted by molar-refractivity contribution is -0.128. The maximum Gasteiger partial charge on any atom is 0.363 e. The van der Waals surface area contributed by atoms with E-state index in [4.69, 9.17) is 4.84 Å². The number of imide groups is 1. The lowest BCUT2D eigenvalue weighted by atomic mass is 10.1. The molecule has 136 valence electrons. The van der Waals surface area contributed by atoms with Crippen molar-refractivity contribution >= 4 is 23.7 Å². The van der Waals surface area contributed by atoms with Gasteiger partial charge >= 0.3 is 5.97 Å². The Kier molecular flexibility index (Phi) is 4.19. The number of amides is 3. The van der Waals surface area contributed by atoms with Crippen molar-refractivity contribution < 1.29 is 24.0 Å². The summed E-state index contributed by atoms with van der Waals surface area (Å²) in [6, 6.07) is 12.9. The van der Waals surface area contributed by atoms with Crippen molar-refractivity contribution in [1.82, 2.24) is 9.96 Å². The highest BCUT2D eigenvalue weighted by atomic mass is 16.7. The molecule has 0 bridgehead atoms. The number of hydrogen-bond donors (Lipinski definition) is 0. The van der Waals surface area contributed by atoms with Gasteiger partial charge in [0.15, 0.2) is 0 Å². The molecule has 1 fully saturated rings. The Morgan fingerprint density at radius 2 is 1.56 bits per heavy atom. The van der Waals surface area contributed by atoms with Crippen LogP contribution in [0.5, 0.6) is 0 Å². The number of fused-ring (bicyclic) bond motifs is 1. The molecular weight excluding hydrogens is 348 g/mol. The molecule has 1 saturated heterocycles. The Morgan fingerprint density at radius 3 is 2.11 bits per heavy atom. The molecule has 7 heteroatoms. The lowest BCUT2D eigenvalue weighted by Crippen LogP contribution is -2.32. The monoisotopic (exact) mass is 364 g/mol. The van der Waals surface area contributed by atoms with E-state index in [0.717, 1.165) is 18.5 Å². The number of benzene rings is 2. The Morgan fingerprint density at radius 1 is 0.926 bits per heavy atom. The van der Waals surface area contributed by atoms with E-state index in [-0.39, 0.29) is 22.6 Å². The zero-order chi connectivity index (χ0) is 19.0. The summed E-state index contributed by atoms with van der Waals surface area (Å²) in [6.45, 7) is 1.23. The molecule has 0 N–H and O–H groups in total. The molecule has 27 heavy (non-hydrogen) atoms. The van der Waals surface area contributed by atoms with Crippen LogP contribution in [-0.2, 0) is 16.2 Å². The van der Waals surface area contributed by atoms with Crippen LogP contribution in [0.3, 0.4) is 0 Å². The normalized spacial score (nSPS) is 16.1. The van der Waals surface area contributed by atoms with Crippen LogP contribution in [-0.4, -0.2) is 40.2 Å². The van der Waals surface area contributed by atoms with Crippen LogP contribution in [0, 0.1) is 0 Å². The summed E-state index contributed by atoms with van der Waals surface area (Å²) in [5.74, 6) is -1.99. The molecule has 0 unspecified atom stereocenters. The molecule has 0 atom stereocenters. The summed E-state index contributed by atoms with van der Waals surface area (Å²) in [5, 5.41) is 0.490. The van der Waals surface area contributed by atoms with Gasteiger partial charge in [0.1, 0.15) is 0 Å². The quantitative estimate of drug-likeness (QED) is 0.777. The van der Waals surface area contributed by atoms with Gasteiger partial charge in [0.25, 0.3) is 11.8 Å². The fraction of sp³-hybridized carbons (Fsp3) is 0.200. The third-order valence-corrected chi connectivity index (χ3v) is 4.67.